The van der Waals surface area contributed by atoms with Crippen molar-refractivity contribution in [1.29, 1.82) is 0 Å². The first-order valence-electron chi connectivity index (χ1n) is 3.77. The Bertz CT molecular complexity index is 73.1. The molecule has 0 atom stereocenters. The Morgan fingerprint density at radius 2 is 1.17 bits per heavy atom. The summed E-state index contributed by atoms with van der Waals surface area (Å²) < 4.78 is 15.4. The van der Waals surface area contributed by atoms with Gasteiger partial charge in [0.25, 0.3) is 0 Å². The molecule has 0 spiro atoms. The SMILES string of the molecule is BrCCOCCOCCOCBr. The molecule has 0 N–H and O–H groups in total. The molecule has 0 aliphatic rings. The predicted molar refractivity (Wildman–Crippen MR) is 55.2 cm³/mol. The second kappa shape index (κ2) is 11.8. The van der Waals surface area contributed by atoms with Crippen molar-refractivity contribution in [3.05, 3.63) is 0 Å². The normalized spacial score (nSPS) is 10.5. The average molecular weight is 306 g/mol. The van der Waals surface area contributed by atoms with Gasteiger partial charge in [-0.3, -0.25) is 0 Å². The standard InChI is InChI=1S/C7H14Br2O3/c8-1-2-10-3-4-11-5-6-12-7-9/h1-7H2. The largest absolute Gasteiger partial charge is 0.378 e. The maximum Gasteiger partial charge on any atom is 0.102 e. The summed E-state index contributed by atoms with van der Waals surface area (Å²) in [5.74, 6) is 0. The molecule has 0 fully saturated rings. The zero-order chi connectivity index (χ0) is 9.07. The third-order valence-electron chi connectivity index (χ3n) is 1.04. The van der Waals surface area contributed by atoms with Gasteiger partial charge in [0.15, 0.2) is 0 Å². The second-order valence-electron chi connectivity index (χ2n) is 1.93. The quantitative estimate of drug-likeness (QED) is 0.480. The van der Waals surface area contributed by atoms with Crippen molar-refractivity contribution >= 4 is 31.9 Å². The van der Waals surface area contributed by atoms with Gasteiger partial charge in [-0.25, -0.2) is 0 Å². The van der Waals surface area contributed by atoms with Crippen molar-refractivity contribution in [2.75, 3.05) is 43.9 Å². The Balaban J connectivity index is 2.73. The monoisotopic (exact) mass is 304 g/mol. The molecule has 0 aliphatic carbocycles. The lowest BCUT2D eigenvalue weighted by atomic mass is 10.7. The van der Waals surface area contributed by atoms with E-state index in [1.807, 2.05) is 0 Å². The van der Waals surface area contributed by atoms with Crippen LogP contribution in [0.3, 0.4) is 0 Å². The predicted octanol–water partition coefficient (Wildman–Crippen LogP) is 1.78. The molecule has 3 nitrogen and oxygen atoms in total. The van der Waals surface area contributed by atoms with Crippen LogP contribution in [0.5, 0.6) is 0 Å². The fourth-order valence-corrected chi connectivity index (χ4v) is 1.01. The van der Waals surface area contributed by atoms with Gasteiger partial charge >= 0.3 is 0 Å². The van der Waals surface area contributed by atoms with Crippen molar-refractivity contribution in [2.45, 2.75) is 0 Å². The molecule has 0 aromatic rings. The third kappa shape index (κ3) is 10.8. The molecule has 0 aromatic carbocycles. The van der Waals surface area contributed by atoms with Gasteiger partial charge in [0.05, 0.1) is 33.0 Å². The van der Waals surface area contributed by atoms with Crippen LogP contribution in [0.25, 0.3) is 0 Å². The van der Waals surface area contributed by atoms with E-state index in [1.165, 1.54) is 0 Å². The van der Waals surface area contributed by atoms with Gasteiger partial charge in [0.1, 0.15) is 5.52 Å². The van der Waals surface area contributed by atoms with E-state index in [-0.39, 0.29) is 0 Å². The molecule has 0 bridgehead atoms. The third-order valence-corrected chi connectivity index (χ3v) is 1.69. The number of hydrogen-bond acceptors (Lipinski definition) is 3. The van der Waals surface area contributed by atoms with Crippen LogP contribution < -0.4 is 0 Å². The highest BCUT2D eigenvalue weighted by Crippen LogP contribution is 1.85. The Labute approximate surface area is 90.0 Å². The van der Waals surface area contributed by atoms with E-state index in [1.54, 1.807) is 0 Å². The zero-order valence-electron chi connectivity index (χ0n) is 6.93. The summed E-state index contributed by atoms with van der Waals surface area (Å²) in [5, 5.41) is 0.875. The van der Waals surface area contributed by atoms with Crippen molar-refractivity contribution in [1.82, 2.24) is 0 Å². The summed E-state index contributed by atoms with van der Waals surface area (Å²) in [6.45, 7) is 3.28. The Kier molecular flexibility index (Phi) is 12.7. The fraction of sp³-hybridized carbons (Fsp3) is 1.00. The average Bonchev–Trinajstić information content (AvgIpc) is 2.10. The number of halogens is 2. The lowest BCUT2D eigenvalue weighted by Crippen LogP contribution is -2.09. The maximum atomic E-state index is 5.20. The topological polar surface area (TPSA) is 27.7 Å². The highest BCUT2D eigenvalue weighted by molar-refractivity contribution is 9.09. The summed E-state index contributed by atoms with van der Waals surface area (Å²) in [7, 11) is 0. The summed E-state index contributed by atoms with van der Waals surface area (Å²) in [6, 6.07) is 0. The van der Waals surface area contributed by atoms with E-state index in [0.717, 1.165) is 11.9 Å². The van der Waals surface area contributed by atoms with E-state index >= 15 is 0 Å². The Morgan fingerprint density at radius 3 is 1.67 bits per heavy atom. The molecule has 0 amide bonds. The number of alkyl halides is 2. The van der Waals surface area contributed by atoms with E-state index in [0.29, 0.717) is 31.9 Å². The molecular weight excluding hydrogens is 292 g/mol. The molecule has 0 aliphatic heterocycles. The Morgan fingerprint density at radius 1 is 0.667 bits per heavy atom. The van der Waals surface area contributed by atoms with Gasteiger partial charge < -0.3 is 14.2 Å². The first-order chi connectivity index (χ1) is 5.91. The van der Waals surface area contributed by atoms with Crippen LogP contribution in [-0.2, 0) is 14.2 Å². The van der Waals surface area contributed by atoms with Crippen LogP contribution in [0.1, 0.15) is 0 Å². The number of ether oxygens (including phenoxy) is 3. The minimum atomic E-state index is 0.566. The molecule has 0 heterocycles. The summed E-state index contributed by atoms with van der Waals surface area (Å²) in [6.07, 6.45) is 0. The first kappa shape index (κ1) is 12.8. The van der Waals surface area contributed by atoms with E-state index < -0.39 is 0 Å². The van der Waals surface area contributed by atoms with Crippen molar-refractivity contribution in [3.8, 4) is 0 Å². The van der Waals surface area contributed by atoms with Crippen LogP contribution in [0.2, 0.25) is 0 Å². The molecule has 0 radical (unpaired) electrons. The van der Waals surface area contributed by atoms with E-state index in [4.69, 9.17) is 14.2 Å². The second-order valence-corrected chi connectivity index (χ2v) is 3.18. The van der Waals surface area contributed by atoms with Crippen LogP contribution in [0.15, 0.2) is 0 Å². The summed E-state index contributed by atoms with van der Waals surface area (Å²) in [4.78, 5) is 0. The van der Waals surface area contributed by atoms with Crippen LogP contribution in [0.4, 0.5) is 0 Å². The van der Waals surface area contributed by atoms with Crippen LogP contribution in [0, 0.1) is 0 Å². The smallest absolute Gasteiger partial charge is 0.102 e. The van der Waals surface area contributed by atoms with Crippen LogP contribution >= 0.6 is 31.9 Å². The van der Waals surface area contributed by atoms with Gasteiger partial charge in [-0.15, -0.1) is 0 Å². The molecule has 0 saturated carbocycles. The summed E-state index contributed by atoms with van der Waals surface area (Å²) >= 11 is 6.41. The van der Waals surface area contributed by atoms with Crippen molar-refractivity contribution in [3.63, 3.8) is 0 Å². The van der Waals surface area contributed by atoms with Gasteiger partial charge in [0.2, 0.25) is 0 Å². The molecule has 74 valence electrons. The van der Waals surface area contributed by atoms with Gasteiger partial charge in [0, 0.05) is 5.33 Å². The van der Waals surface area contributed by atoms with E-state index in [2.05, 4.69) is 31.9 Å². The van der Waals surface area contributed by atoms with Crippen molar-refractivity contribution < 1.29 is 14.2 Å². The molecule has 5 heteroatoms. The molecule has 12 heavy (non-hydrogen) atoms. The minimum absolute atomic E-state index is 0.566. The van der Waals surface area contributed by atoms with Gasteiger partial charge in [-0.05, 0) is 0 Å². The minimum Gasteiger partial charge on any atom is -0.378 e. The van der Waals surface area contributed by atoms with Crippen molar-refractivity contribution in [2.24, 2.45) is 0 Å². The zero-order valence-corrected chi connectivity index (χ0v) is 10.1. The maximum absolute atomic E-state index is 5.20. The lowest BCUT2D eigenvalue weighted by Gasteiger charge is -2.03. The molecule has 0 rings (SSSR count). The summed E-state index contributed by atoms with van der Waals surface area (Å²) in [5.41, 5.74) is 0.566. The highest BCUT2D eigenvalue weighted by atomic mass is 79.9. The fourth-order valence-electron chi connectivity index (χ4n) is 0.549. The first-order valence-corrected chi connectivity index (χ1v) is 6.01. The number of hydrogen-bond donors (Lipinski definition) is 0. The van der Waals surface area contributed by atoms with Gasteiger partial charge in [-0.1, -0.05) is 31.9 Å². The van der Waals surface area contributed by atoms with Crippen LogP contribution in [-0.4, -0.2) is 43.9 Å². The molecule has 0 saturated heterocycles. The molecule has 0 aromatic heterocycles. The number of rotatable bonds is 9. The Hall–Kier alpha value is 0.840. The molecular formula is C7H14Br2O3. The van der Waals surface area contributed by atoms with Gasteiger partial charge in [-0.2, -0.15) is 0 Å². The molecule has 0 unspecified atom stereocenters. The lowest BCUT2D eigenvalue weighted by molar-refractivity contribution is 0.0269. The highest BCUT2D eigenvalue weighted by Gasteiger charge is 1.89. The van der Waals surface area contributed by atoms with E-state index in [9.17, 15) is 0 Å².